The van der Waals surface area contributed by atoms with Gasteiger partial charge in [0, 0.05) is 30.2 Å². The van der Waals surface area contributed by atoms with Gasteiger partial charge in [0.2, 0.25) is 10.0 Å². The van der Waals surface area contributed by atoms with E-state index in [0.717, 1.165) is 23.9 Å². The fourth-order valence-electron chi connectivity index (χ4n) is 4.36. The predicted octanol–water partition coefficient (Wildman–Crippen LogP) is 3.14. The zero-order valence-corrected chi connectivity index (χ0v) is 19.1. The summed E-state index contributed by atoms with van der Waals surface area (Å²) < 4.78 is 29.1. The molecule has 1 aliphatic rings. The first-order valence-electron chi connectivity index (χ1n) is 10.6. The third-order valence-electron chi connectivity index (χ3n) is 5.97. The van der Waals surface area contributed by atoms with E-state index in [1.807, 2.05) is 13.8 Å². The lowest BCUT2D eigenvalue weighted by atomic mass is 10.0. The molecule has 2 unspecified atom stereocenters. The van der Waals surface area contributed by atoms with Crippen LogP contribution in [0.2, 0.25) is 0 Å². The van der Waals surface area contributed by atoms with Gasteiger partial charge in [-0.2, -0.15) is 9.40 Å². The highest BCUT2D eigenvalue weighted by atomic mass is 32.2. The third-order valence-corrected chi connectivity index (χ3v) is 8.11. The Balaban J connectivity index is 1.60. The maximum absolute atomic E-state index is 13.2. The molecule has 0 aliphatic carbocycles. The number of amides is 1. The number of anilines is 1. The number of nitrogens with zero attached hydrogens (tertiary/aromatic N) is 3. The lowest BCUT2D eigenvalue weighted by Gasteiger charge is -2.37. The number of aromatic nitrogens is 2. The van der Waals surface area contributed by atoms with Gasteiger partial charge in [-0.25, -0.2) is 13.1 Å². The van der Waals surface area contributed by atoms with Crippen molar-refractivity contribution in [1.82, 2.24) is 14.1 Å². The van der Waals surface area contributed by atoms with E-state index in [1.165, 1.54) is 19.2 Å². The maximum Gasteiger partial charge on any atom is 0.276 e. The van der Waals surface area contributed by atoms with Crippen molar-refractivity contribution in [3.63, 3.8) is 0 Å². The Labute approximate surface area is 186 Å². The highest BCUT2D eigenvalue weighted by Crippen LogP contribution is 2.30. The second-order valence-corrected chi connectivity index (χ2v) is 10.1. The highest BCUT2D eigenvalue weighted by Gasteiger charge is 2.35. The molecule has 1 saturated heterocycles. The molecule has 2 atom stereocenters. The highest BCUT2D eigenvalue weighted by molar-refractivity contribution is 7.89. The third kappa shape index (κ3) is 3.93. The fourth-order valence-corrected chi connectivity index (χ4v) is 6.24. The van der Waals surface area contributed by atoms with E-state index in [0.29, 0.717) is 16.5 Å². The van der Waals surface area contributed by atoms with E-state index < -0.39 is 15.9 Å². The Hall–Kier alpha value is -3.04. The summed E-state index contributed by atoms with van der Waals surface area (Å²) in [5.74, 6) is -0.481. The molecule has 3 aromatic rings. The summed E-state index contributed by atoms with van der Waals surface area (Å²) in [6, 6.07) is 12.8. The minimum Gasteiger partial charge on any atom is -0.321 e. The fraction of sp³-hybridized carbons (Fsp3) is 0.348. The van der Waals surface area contributed by atoms with E-state index in [-0.39, 0.29) is 28.2 Å². The Kier molecular flexibility index (Phi) is 5.87. The molecule has 168 valence electrons. The van der Waals surface area contributed by atoms with Gasteiger partial charge in [-0.3, -0.25) is 9.59 Å². The van der Waals surface area contributed by atoms with Gasteiger partial charge in [0.1, 0.15) is 0 Å². The van der Waals surface area contributed by atoms with Crippen molar-refractivity contribution >= 4 is 32.4 Å². The molecule has 32 heavy (non-hydrogen) atoms. The topological polar surface area (TPSA) is 101 Å². The Morgan fingerprint density at radius 1 is 1.00 bits per heavy atom. The van der Waals surface area contributed by atoms with Gasteiger partial charge < -0.3 is 5.32 Å². The number of piperidine rings is 1. The molecular formula is C23H26N4O4S. The van der Waals surface area contributed by atoms with E-state index in [2.05, 4.69) is 10.4 Å². The quantitative estimate of drug-likeness (QED) is 0.653. The number of benzene rings is 2. The molecule has 2 aromatic carbocycles. The Morgan fingerprint density at radius 2 is 1.59 bits per heavy atom. The van der Waals surface area contributed by atoms with Gasteiger partial charge >= 0.3 is 0 Å². The van der Waals surface area contributed by atoms with E-state index in [4.69, 9.17) is 0 Å². The molecule has 1 aromatic heterocycles. The van der Waals surface area contributed by atoms with Crippen molar-refractivity contribution in [2.45, 2.75) is 50.1 Å². The number of nitrogens with one attached hydrogen (secondary N) is 1. The summed E-state index contributed by atoms with van der Waals surface area (Å²) in [6.45, 7) is 3.87. The molecule has 4 rings (SSSR count). The van der Waals surface area contributed by atoms with Crippen LogP contribution in [0.25, 0.3) is 10.8 Å². The minimum atomic E-state index is -3.63. The first kappa shape index (κ1) is 22.2. The summed E-state index contributed by atoms with van der Waals surface area (Å²) in [7, 11) is -2.13. The van der Waals surface area contributed by atoms with Crippen molar-refractivity contribution in [1.29, 1.82) is 0 Å². The van der Waals surface area contributed by atoms with Crippen molar-refractivity contribution in [3.05, 3.63) is 64.6 Å². The lowest BCUT2D eigenvalue weighted by Crippen LogP contribution is -2.47. The molecule has 1 amide bonds. The van der Waals surface area contributed by atoms with E-state index >= 15 is 0 Å². The number of fused-ring (bicyclic) bond motifs is 1. The summed E-state index contributed by atoms with van der Waals surface area (Å²) in [4.78, 5) is 25.4. The Morgan fingerprint density at radius 3 is 2.22 bits per heavy atom. The SMILES string of the molecule is CC1CCCC(C)N1S(=O)(=O)c1ccc(NC(=O)c2nn(C)c(=O)c3ccccc23)cc1. The number of hydrogen-bond acceptors (Lipinski definition) is 5. The molecule has 0 spiro atoms. The Bertz CT molecular complexity index is 1320. The average molecular weight is 455 g/mol. The maximum atomic E-state index is 13.2. The van der Waals surface area contributed by atoms with E-state index in [1.54, 1.807) is 40.7 Å². The zero-order chi connectivity index (χ0) is 23.0. The second-order valence-electron chi connectivity index (χ2n) is 8.27. The molecule has 8 nitrogen and oxygen atoms in total. The number of sulfonamides is 1. The number of aryl methyl sites for hydroxylation is 1. The van der Waals surface area contributed by atoms with Crippen LogP contribution in [0.1, 0.15) is 43.6 Å². The van der Waals surface area contributed by atoms with Crippen molar-refractivity contribution < 1.29 is 13.2 Å². The molecular weight excluding hydrogens is 428 g/mol. The number of rotatable bonds is 4. The molecule has 1 fully saturated rings. The van der Waals surface area contributed by atoms with Crippen LogP contribution in [0.4, 0.5) is 5.69 Å². The van der Waals surface area contributed by atoms with Crippen LogP contribution in [-0.2, 0) is 17.1 Å². The summed E-state index contributed by atoms with van der Waals surface area (Å²) >= 11 is 0. The van der Waals surface area contributed by atoms with Crippen LogP contribution < -0.4 is 10.9 Å². The normalized spacial score (nSPS) is 19.7. The van der Waals surface area contributed by atoms with Crippen LogP contribution in [0.5, 0.6) is 0 Å². The van der Waals surface area contributed by atoms with Crippen LogP contribution in [0, 0.1) is 0 Å². The standard InChI is InChI=1S/C23H26N4O4S/c1-15-7-6-8-16(2)27(15)32(30,31)18-13-11-17(12-14-18)24-22(28)21-19-9-4-5-10-20(19)23(29)26(3)25-21/h4-5,9-16H,6-8H2,1-3H3,(H,24,28). The molecule has 0 radical (unpaired) electrons. The summed E-state index contributed by atoms with van der Waals surface area (Å²) in [5, 5.41) is 7.73. The number of carbonyl (C=O) groups is 1. The van der Waals surface area contributed by atoms with E-state index in [9.17, 15) is 18.0 Å². The number of hydrogen-bond donors (Lipinski definition) is 1. The van der Waals surface area contributed by atoms with Crippen LogP contribution in [0.3, 0.4) is 0 Å². The van der Waals surface area contributed by atoms with Crippen molar-refractivity contribution in [2.24, 2.45) is 7.05 Å². The first-order chi connectivity index (χ1) is 15.2. The number of carbonyl (C=O) groups excluding carboxylic acids is 1. The van der Waals surface area contributed by atoms with Crippen LogP contribution in [-0.4, -0.2) is 40.5 Å². The van der Waals surface area contributed by atoms with Gasteiger partial charge in [-0.05, 0) is 57.0 Å². The van der Waals surface area contributed by atoms with Gasteiger partial charge in [-0.15, -0.1) is 0 Å². The zero-order valence-electron chi connectivity index (χ0n) is 18.3. The first-order valence-corrected chi connectivity index (χ1v) is 12.0. The molecule has 1 N–H and O–H groups in total. The van der Waals surface area contributed by atoms with Crippen molar-refractivity contribution in [2.75, 3.05) is 5.32 Å². The molecule has 0 bridgehead atoms. The van der Waals surface area contributed by atoms with Gasteiger partial charge in [-0.1, -0.05) is 24.6 Å². The largest absolute Gasteiger partial charge is 0.321 e. The molecule has 2 heterocycles. The monoisotopic (exact) mass is 454 g/mol. The smallest absolute Gasteiger partial charge is 0.276 e. The van der Waals surface area contributed by atoms with Gasteiger partial charge in [0.15, 0.2) is 5.69 Å². The molecule has 1 aliphatic heterocycles. The summed E-state index contributed by atoms with van der Waals surface area (Å²) in [6.07, 6.45) is 2.71. The lowest BCUT2D eigenvalue weighted by molar-refractivity contribution is 0.102. The summed E-state index contributed by atoms with van der Waals surface area (Å²) in [5.41, 5.74) is 0.275. The van der Waals surface area contributed by atoms with Gasteiger partial charge in [0.25, 0.3) is 11.5 Å². The minimum absolute atomic E-state index is 0.0489. The average Bonchev–Trinajstić information content (AvgIpc) is 2.76. The van der Waals surface area contributed by atoms with Crippen LogP contribution >= 0.6 is 0 Å². The molecule has 0 saturated carbocycles. The van der Waals surface area contributed by atoms with Crippen LogP contribution in [0.15, 0.2) is 58.2 Å². The van der Waals surface area contributed by atoms with Gasteiger partial charge in [0.05, 0.1) is 10.3 Å². The molecule has 9 heteroatoms. The second kappa shape index (κ2) is 8.48. The van der Waals surface area contributed by atoms with Crippen molar-refractivity contribution in [3.8, 4) is 0 Å². The predicted molar refractivity (Wildman–Crippen MR) is 123 cm³/mol.